The maximum Gasteiger partial charge on any atom is 0.315 e. The highest BCUT2D eigenvalue weighted by atomic mass is 79.9. The van der Waals surface area contributed by atoms with Gasteiger partial charge < -0.3 is 20.1 Å². The molecule has 2 atom stereocenters. The number of carbonyl (C=O) groups is 1. The molecule has 2 amide bonds. The fraction of sp³-hybridized carbons (Fsp3) is 0.316. The number of rotatable bonds is 6. The van der Waals surface area contributed by atoms with Crippen molar-refractivity contribution < 1.29 is 14.3 Å². The predicted octanol–water partition coefficient (Wildman–Crippen LogP) is 4.59. The second-order valence-corrected chi connectivity index (χ2v) is 6.64. The van der Waals surface area contributed by atoms with Gasteiger partial charge in [0.1, 0.15) is 11.5 Å². The molecule has 0 aliphatic rings. The quantitative estimate of drug-likeness (QED) is 0.737. The second kappa shape index (κ2) is 8.76. The van der Waals surface area contributed by atoms with Crippen LogP contribution in [0.4, 0.5) is 4.79 Å². The van der Waals surface area contributed by atoms with Gasteiger partial charge in [0.05, 0.1) is 26.3 Å². The lowest BCUT2D eigenvalue weighted by Gasteiger charge is -2.20. The topological polar surface area (TPSA) is 59.6 Å². The summed E-state index contributed by atoms with van der Waals surface area (Å²) in [6.45, 7) is 3.86. The summed E-state index contributed by atoms with van der Waals surface area (Å²) in [7, 11) is 3.20. The van der Waals surface area contributed by atoms with E-state index in [2.05, 4.69) is 26.6 Å². The molecule has 2 rings (SSSR count). The highest BCUT2D eigenvalue weighted by Gasteiger charge is 2.16. The molecule has 0 fully saturated rings. The molecule has 6 heteroatoms. The SMILES string of the molecule is COc1ccc(C(C)NC(=O)NC(C)c2ccc(Br)cc2)c(OC)c1. The number of halogens is 1. The van der Waals surface area contributed by atoms with E-state index in [1.807, 2.05) is 50.2 Å². The molecule has 2 aromatic rings. The number of hydrogen-bond donors (Lipinski definition) is 2. The first-order valence-corrected chi connectivity index (χ1v) is 8.78. The number of hydrogen-bond acceptors (Lipinski definition) is 3. The monoisotopic (exact) mass is 406 g/mol. The zero-order valence-corrected chi connectivity index (χ0v) is 16.4. The third-order valence-electron chi connectivity index (χ3n) is 3.97. The Morgan fingerprint density at radius 1 is 0.960 bits per heavy atom. The molecule has 2 N–H and O–H groups in total. The van der Waals surface area contributed by atoms with Gasteiger partial charge in [-0.3, -0.25) is 0 Å². The zero-order valence-electron chi connectivity index (χ0n) is 14.8. The molecule has 0 saturated heterocycles. The Bertz CT molecular complexity index is 719. The first kappa shape index (κ1) is 19.1. The van der Waals surface area contributed by atoms with Crippen LogP contribution in [-0.2, 0) is 0 Å². The highest BCUT2D eigenvalue weighted by molar-refractivity contribution is 9.10. The smallest absolute Gasteiger partial charge is 0.315 e. The minimum Gasteiger partial charge on any atom is -0.497 e. The molecule has 2 aromatic carbocycles. The number of amides is 2. The van der Waals surface area contributed by atoms with E-state index in [-0.39, 0.29) is 18.1 Å². The fourth-order valence-electron chi connectivity index (χ4n) is 2.52. The van der Waals surface area contributed by atoms with E-state index in [1.165, 1.54) is 0 Å². The Morgan fingerprint density at radius 2 is 1.60 bits per heavy atom. The summed E-state index contributed by atoms with van der Waals surface area (Å²) in [6.07, 6.45) is 0. The van der Waals surface area contributed by atoms with Crippen LogP contribution >= 0.6 is 15.9 Å². The first-order valence-electron chi connectivity index (χ1n) is 7.99. The van der Waals surface area contributed by atoms with Crippen molar-refractivity contribution in [3.63, 3.8) is 0 Å². The number of methoxy groups -OCH3 is 2. The molecule has 0 aromatic heterocycles. The third kappa shape index (κ3) is 5.13. The lowest BCUT2D eigenvalue weighted by molar-refractivity contribution is 0.234. The average Bonchev–Trinajstić information content (AvgIpc) is 2.61. The van der Waals surface area contributed by atoms with Gasteiger partial charge in [0.25, 0.3) is 0 Å². The van der Waals surface area contributed by atoms with Crippen LogP contribution in [0, 0.1) is 0 Å². The molecule has 0 aliphatic carbocycles. The van der Waals surface area contributed by atoms with Crippen molar-refractivity contribution in [3.05, 3.63) is 58.1 Å². The molecule has 2 unspecified atom stereocenters. The van der Waals surface area contributed by atoms with Gasteiger partial charge in [-0.15, -0.1) is 0 Å². The maximum absolute atomic E-state index is 12.3. The zero-order chi connectivity index (χ0) is 18.4. The van der Waals surface area contributed by atoms with Crippen LogP contribution in [-0.4, -0.2) is 20.3 Å². The van der Waals surface area contributed by atoms with E-state index in [9.17, 15) is 4.79 Å². The molecular weight excluding hydrogens is 384 g/mol. The summed E-state index contributed by atoms with van der Waals surface area (Å²) in [5, 5.41) is 5.89. The van der Waals surface area contributed by atoms with Crippen LogP contribution in [0.1, 0.15) is 37.1 Å². The van der Waals surface area contributed by atoms with Crippen molar-refractivity contribution in [2.75, 3.05) is 14.2 Å². The molecule has 5 nitrogen and oxygen atoms in total. The van der Waals surface area contributed by atoms with Crippen LogP contribution in [0.2, 0.25) is 0 Å². The maximum atomic E-state index is 12.3. The number of ether oxygens (including phenoxy) is 2. The molecule has 0 radical (unpaired) electrons. The Kier molecular flexibility index (Phi) is 6.70. The van der Waals surface area contributed by atoms with Crippen LogP contribution in [0.5, 0.6) is 11.5 Å². The van der Waals surface area contributed by atoms with E-state index < -0.39 is 0 Å². The Hall–Kier alpha value is -2.21. The van der Waals surface area contributed by atoms with Gasteiger partial charge in [-0.25, -0.2) is 4.79 Å². The average molecular weight is 407 g/mol. The van der Waals surface area contributed by atoms with Crippen LogP contribution < -0.4 is 20.1 Å². The minimum absolute atomic E-state index is 0.0990. The van der Waals surface area contributed by atoms with Gasteiger partial charge in [0, 0.05) is 16.1 Å². The summed E-state index contributed by atoms with van der Waals surface area (Å²) < 4.78 is 11.6. The molecular formula is C19H23BrN2O3. The van der Waals surface area contributed by atoms with Crippen molar-refractivity contribution in [3.8, 4) is 11.5 Å². The van der Waals surface area contributed by atoms with E-state index >= 15 is 0 Å². The molecule has 0 heterocycles. The van der Waals surface area contributed by atoms with Gasteiger partial charge in [-0.05, 0) is 43.7 Å². The second-order valence-electron chi connectivity index (χ2n) is 5.72. The lowest BCUT2D eigenvalue weighted by atomic mass is 10.1. The van der Waals surface area contributed by atoms with Gasteiger partial charge in [0.15, 0.2) is 0 Å². The van der Waals surface area contributed by atoms with E-state index in [0.717, 1.165) is 15.6 Å². The standard InChI is InChI=1S/C19H23BrN2O3/c1-12(14-5-7-15(20)8-6-14)21-19(23)22-13(2)17-10-9-16(24-3)11-18(17)25-4/h5-13H,1-4H3,(H2,21,22,23). The normalized spacial score (nSPS) is 12.8. The lowest BCUT2D eigenvalue weighted by Crippen LogP contribution is -2.38. The molecule has 134 valence electrons. The molecule has 25 heavy (non-hydrogen) atoms. The van der Waals surface area contributed by atoms with Crippen LogP contribution in [0.25, 0.3) is 0 Å². The largest absolute Gasteiger partial charge is 0.497 e. The van der Waals surface area contributed by atoms with Crippen LogP contribution in [0.15, 0.2) is 46.9 Å². The minimum atomic E-state index is -0.235. The Morgan fingerprint density at radius 3 is 2.20 bits per heavy atom. The van der Waals surface area contributed by atoms with E-state index in [0.29, 0.717) is 11.5 Å². The summed E-state index contributed by atoms with van der Waals surface area (Å²) in [6, 6.07) is 12.9. The fourth-order valence-corrected chi connectivity index (χ4v) is 2.79. The van der Waals surface area contributed by atoms with Crippen molar-refractivity contribution in [2.45, 2.75) is 25.9 Å². The predicted molar refractivity (Wildman–Crippen MR) is 102 cm³/mol. The van der Waals surface area contributed by atoms with Crippen molar-refractivity contribution >= 4 is 22.0 Å². The Balaban J connectivity index is 2.01. The van der Waals surface area contributed by atoms with Crippen molar-refractivity contribution in [1.29, 1.82) is 0 Å². The molecule has 0 bridgehead atoms. The molecule has 0 spiro atoms. The number of urea groups is 1. The number of benzene rings is 2. The van der Waals surface area contributed by atoms with Gasteiger partial charge in [0.2, 0.25) is 0 Å². The van der Waals surface area contributed by atoms with Crippen molar-refractivity contribution in [1.82, 2.24) is 10.6 Å². The first-order chi connectivity index (χ1) is 11.9. The third-order valence-corrected chi connectivity index (χ3v) is 4.50. The summed E-state index contributed by atoms with van der Waals surface area (Å²) in [5.74, 6) is 1.38. The van der Waals surface area contributed by atoms with Crippen LogP contribution in [0.3, 0.4) is 0 Å². The summed E-state index contributed by atoms with van der Waals surface area (Å²) >= 11 is 3.41. The highest BCUT2D eigenvalue weighted by Crippen LogP contribution is 2.29. The van der Waals surface area contributed by atoms with Gasteiger partial charge >= 0.3 is 6.03 Å². The Labute approximate surface area is 156 Å². The molecule has 0 saturated carbocycles. The van der Waals surface area contributed by atoms with Gasteiger partial charge in [-0.1, -0.05) is 28.1 Å². The van der Waals surface area contributed by atoms with E-state index in [1.54, 1.807) is 20.3 Å². The summed E-state index contributed by atoms with van der Waals surface area (Å²) in [4.78, 5) is 12.3. The number of nitrogens with one attached hydrogen (secondary N) is 2. The summed E-state index contributed by atoms with van der Waals surface area (Å²) in [5.41, 5.74) is 1.92. The van der Waals surface area contributed by atoms with Crippen molar-refractivity contribution in [2.24, 2.45) is 0 Å². The number of carbonyl (C=O) groups excluding carboxylic acids is 1. The van der Waals surface area contributed by atoms with E-state index in [4.69, 9.17) is 9.47 Å². The molecule has 0 aliphatic heterocycles. The van der Waals surface area contributed by atoms with Gasteiger partial charge in [-0.2, -0.15) is 0 Å².